The van der Waals surface area contributed by atoms with E-state index in [0.29, 0.717) is 16.3 Å². The van der Waals surface area contributed by atoms with Crippen LogP contribution in [-0.2, 0) is 11.2 Å². The van der Waals surface area contributed by atoms with Gasteiger partial charge in [-0.2, -0.15) is 0 Å². The quantitative estimate of drug-likeness (QED) is 0.345. The number of hydrogen-bond acceptors (Lipinski definition) is 5. The van der Waals surface area contributed by atoms with Crippen LogP contribution in [0, 0.1) is 0 Å². The summed E-state index contributed by atoms with van der Waals surface area (Å²) >= 11 is 1.42. The van der Waals surface area contributed by atoms with Gasteiger partial charge in [0.15, 0.2) is 5.13 Å². The van der Waals surface area contributed by atoms with Gasteiger partial charge in [0, 0.05) is 10.4 Å². The van der Waals surface area contributed by atoms with Gasteiger partial charge in [0.05, 0.1) is 16.8 Å². The summed E-state index contributed by atoms with van der Waals surface area (Å²) in [5, 5.41) is 3.24. The number of rotatable bonds is 7. The number of anilines is 1. The van der Waals surface area contributed by atoms with Crippen molar-refractivity contribution in [3.05, 3.63) is 94.9 Å². The lowest BCUT2D eigenvalue weighted by atomic mass is 10.0. The molecule has 0 saturated carbocycles. The topological polar surface area (TPSA) is 79.4 Å². The van der Waals surface area contributed by atoms with Crippen LogP contribution in [0.5, 0.6) is 0 Å². The van der Waals surface area contributed by atoms with Gasteiger partial charge in [-0.25, -0.2) is 4.98 Å². The molecular formula is C28H23N3O3S. The summed E-state index contributed by atoms with van der Waals surface area (Å²) in [4.78, 5) is 44.6. The van der Waals surface area contributed by atoms with Crippen LogP contribution in [-0.4, -0.2) is 34.2 Å². The van der Waals surface area contributed by atoms with E-state index in [1.165, 1.54) is 11.3 Å². The van der Waals surface area contributed by atoms with Crippen molar-refractivity contribution in [1.82, 2.24) is 9.88 Å². The Labute approximate surface area is 207 Å². The van der Waals surface area contributed by atoms with E-state index in [4.69, 9.17) is 4.98 Å². The smallest absolute Gasteiger partial charge is 0.262 e. The van der Waals surface area contributed by atoms with Gasteiger partial charge >= 0.3 is 0 Å². The predicted octanol–water partition coefficient (Wildman–Crippen LogP) is 5.66. The van der Waals surface area contributed by atoms with Gasteiger partial charge in [0.2, 0.25) is 5.91 Å². The zero-order valence-electron chi connectivity index (χ0n) is 19.2. The van der Waals surface area contributed by atoms with Gasteiger partial charge < -0.3 is 5.32 Å². The van der Waals surface area contributed by atoms with E-state index in [1.54, 1.807) is 24.3 Å². The molecule has 7 heteroatoms. The summed E-state index contributed by atoms with van der Waals surface area (Å²) in [5.41, 5.74) is 4.73. The molecule has 0 atom stereocenters. The fourth-order valence-electron chi connectivity index (χ4n) is 4.16. The standard InChI is InChI=1S/C28H23N3O3S/c1-2-8-23-25(20-15-13-19(14-16-20)18-9-4-3-5-10-18)30-28(35-23)29-24(32)17-31-26(33)21-11-6-7-12-22(21)27(31)34/h3-7,9-16H,2,8,17H2,1H3,(H,29,30,32). The van der Waals surface area contributed by atoms with Crippen LogP contribution in [0.3, 0.4) is 0 Å². The highest BCUT2D eigenvalue weighted by atomic mass is 32.1. The fraction of sp³-hybridized carbons (Fsp3) is 0.143. The van der Waals surface area contributed by atoms with Crippen LogP contribution in [0.25, 0.3) is 22.4 Å². The summed E-state index contributed by atoms with van der Waals surface area (Å²) in [5.74, 6) is -1.36. The van der Waals surface area contributed by atoms with E-state index in [1.807, 2.05) is 30.3 Å². The Morgan fingerprint density at radius 3 is 2.03 bits per heavy atom. The molecule has 0 aliphatic carbocycles. The van der Waals surface area contributed by atoms with Crippen LogP contribution >= 0.6 is 11.3 Å². The number of nitrogens with zero attached hydrogens (tertiary/aromatic N) is 2. The summed E-state index contributed by atoms with van der Waals surface area (Å²) in [6.45, 7) is 1.75. The summed E-state index contributed by atoms with van der Waals surface area (Å²) < 4.78 is 0. The zero-order valence-corrected chi connectivity index (χ0v) is 20.0. The van der Waals surface area contributed by atoms with Crippen molar-refractivity contribution in [2.24, 2.45) is 0 Å². The molecule has 1 aromatic heterocycles. The summed E-state index contributed by atoms with van der Waals surface area (Å²) in [7, 11) is 0. The third-order valence-corrected chi connectivity index (χ3v) is 6.90. The number of benzene rings is 3. The van der Waals surface area contributed by atoms with E-state index < -0.39 is 17.7 Å². The highest BCUT2D eigenvalue weighted by molar-refractivity contribution is 7.16. The molecule has 0 spiro atoms. The minimum Gasteiger partial charge on any atom is -0.300 e. The number of amides is 3. The van der Waals surface area contributed by atoms with Crippen molar-refractivity contribution in [1.29, 1.82) is 0 Å². The first-order valence-corrected chi connectivity index (χ1v) is 12.3. The number of carbonyl (C=O) groups is 3. The first-order valence-electron chi connectivity index (χ1n) is 11.5. The molecule has 35 heavy (non-hydrogen) atoms. The zero-order chi connectivity index (χ0) is 24.4. The van der Waals surface area contributed by atoms with Crippen LogP contribution in [0.4, 0.5) is 5.13 Å². The molecular weight excluding hydrogens is 458 g/mol. The molecule has 4 aromatic rings. The van der Waals surface area contributed by atoms with Crippen molar-refractivity contribution in [3.63, 3.8) is 0 Å². The first-order chi connectivity index (χ1) is 17.0. The largest absolute Gasteiger partial charge is 0.300 e. The number of carbonyl (C=O) groups excluding carboxylic acids is 3. The van der Waals surface area contributed by atoms with Crippen LogP contribution in [0.2, 0.25) is 0 Å². The van der Waals surface area contributed by atoms with Gasteiger partial charge in [-0.15, -0.1) is 11.3 Å². The number of aromatic nitrogens is 1. The van der Waals surface area contributed by atoms with Crippen molar-refractivity contribution < 1.29 is 14.4 Å². The van der Waals surface area contributed by atoms with Gasteiger partial charge in [0.1, 0.15) is 6.54 Å². The lowest BCUT2D eigenvalue weighted by molar-refractivity contribution is -0.116. The minimum absolute atomic E-state index is 0.325. The normalized spacial score (nSPS) is 12.7. The molecule has 1 N–H and O–H groups in total. The second-order valence-corrected chi connectivity index (χ2v) is 9.36. The van der Waals surface area contributed by atoms with Gasteiger partial charge in [-0.3, -0.25) is 19.3 Å². The molecule has 0 unspecified atom stereocenters. The molecule has 3 amide bonds. The van der Waals surface area contributed by atoms with E-state index in [-0.39, 0.29) is 6.54 Å². The molecule has 174 valence electrons. The molecule has 5 rings (SSSR count). The first kappa shape index (κ1) is 22.7. The third kappa shape index (κ3) is 4.50. The maximum Gasteiger partial charge on any atom is 0.262 e. The summed E-state index contributed by atoms with van der Waals surface area (Å²) in [6, 6.07) is 25.0. The Balaban J connectivity index is 1.33. The average molecular weight is 482 g/mol. The van der Waals surface area contributed by atoms with Crippen molar-refractivity contribution in [2.45, 2.75) is 19.8 Å². The maximum atomic E-state index is 12.7. The Kier molecular flexibility index (Phi) is 6.25. The van der Waals surface area contributed by atoms with E-state index in [9.17, 15) is 14.4 Å². The highest BCUT2D eigenvalue weighted by Crippen LogP contribution is 2.33. The van der Waals surface area contributed by atoms with E-state index >= 15 is 0 Å². The third-order valence-electron chi connectivity index (χ3n) is 5.87. The monoisotopic (exact) mass is 481 g/mol. The minimum atomic E-state index is -0.456. The average Bonchev–Trinajstić information content (AvgIpc) is 3.39. The number of imide groups is 1. The Bertz CT molecular complexity index is 1380. The van der Waals surface area contributed by atoms with Crippen LogP contribution in [0.15, 0.2) is 78.9 Å². The van der Waals surface area contributed by atoms with Crippen LogP contribution < -0.4 is 5.32 Å². The second kappa shape index (κ2) is 9.64. The molecule has 0 radical (unpaired) electrons. The van der Waals surface area contributed by atoms with E-state index in [2.05, 4.69) is 36.5 Å². The fourth-order valence-corrected chi connectivity index (χ4v) is 5.27. The molecule has 1 aliphatic rings. The molecule has 0 bridgehead atoms. The number of fused-ring (bicyclic) bond motifs is 1. The van der Waals surface area contributed by atoms with Crippen molar-refractivity contribution in [2.75, 3.05) is 11.9 Å². The van der Waals surface area contributed by atoms with Crippen molar-refractivity contribution in [3.8, 4) is 22.4 Å². The Morgan fingerprint density at radius 2 is 1.40 bits per heavy atom. The lowest BCUT2D eigenvalue weighted by Gasteiger charge is -2.12. The number of thiazole rings is 1. The van der Waals surface area contributed by atoms with E-state index in [0.717, 1.165) is 45.0 Å². The highest BCUT2D eigenvalue weighted by Gasteiger charge is 2.36. The Hall–Kier alpha value is -4.10. The molecule has 6 nitrogen and oxygen atoms in total. The molecule has 3 aromatic carbocycles. The maximum absolute atomic E-state index is 12.7. The Morgan fingerprint density at radius 1 is 0.829 bits per heavy atom. The number of hydrogen-bond donors (Lipinski definition) is 1. The van der Waals surface area contributed by atoms with Crippen LogP contribution in [0.1, 0.15) is 38.9 Å². The van der Waals surface area contributed by atoms with Crippen molar-refractivity contribution >= 4 is 34.2 Å². The van der Waals surface area contributed by atoms with Gasteiger partial charge in [0.25, 0.3) is 11.8 Å². The molecule has 1 aliphatic heterocycles. The van der Waals surface area contributed by atoms with Gasteiger partial charge in [-0.1, -0.05) is 80.1 Å². The molecule has 0 fully saturated rings. The SMILES string of the molecule is CCCc1sc(NC(=O)CN2C(=O)c3ccccc3C2=O)nc1-c1ccc(-c2ccccc2)cc1. The number of aryl methyl sites for hydroxylation is 1. The summed E-state index contributed by atoms with van der Waals surface area (Å²) in [6.07, 6.45) is 1.78. The molecule has 2 heterocycles. The second-order valence-electron chi connectivity index (χ2n) is 8.27. The predicted molar refractivity (Wildman–Crippen MR) is 137 cm³/mol. The lowest BCUT2D eigenvalue weighted by Crippen LogP contribution is -2.37. The number of nitrogens with one attached hydrogen (secondary N) is 1. The van der Waals surface area contributed by atoms with Gasteiger partial charge in [-0.05, 0) is 29.7 Å². The molecule has 0 saturated heterocycles.